The maximum Gasteiger partial charge on any atom is -0.0169 e. The van der Waals surface area contributed by atoms with Crippen molar-refractivity contribution in [1.82, 2.24) is 0 Å². The van der Waals surface area contributed by atoms with Gasteiger partial charge in [-0.1, -0.05) is 89.2 Å². The summed E-state index contributed by atoms with van der Waals surface area (Å²) in [6, 6.07) is 0. The molecular weight excluding hydrogens is 180 g/mol. The van der Waals surface area contributed by atoms with Crippen molar-refractivity contribution in [3.05, 3.63) is 12.2 Å². The summed E-state index contributed by atoms with van der Waals surface area (Å²) in [5.41, 5.74) is 0. The van der Waals surface area contributed by atoms with Crippen molar-refractivity contribution in [1.29, 1.82) is 0 Å². The van der Waals surface area contributed by atoms with Gasteiger partial charge in [0.2, 0.25) is 0 Å². The normalized spacial score (nSPS) is 22.9. The van der Waals surface area contributed by atoms with E-state index < -0.39 is 0 Å². The van der Waals surface area contributed by atoms with Crippen molar-refractivity contribution in [2.24, 2.45) is 0 Å². The third-order valence-electron chi connectivity index (χ3n) is 3.24. The Kier molecular flexibility index (Phi) is 8.76. The van der Waals surface area contributed by atoms with Crippen LogP contribution in [0.5, 0.6) is 0 Å². The molecule has 2 rings (SSSR count). The zero-order chi connectivity index (χ0) is 10.6. The number of hydrogen-bond acceptors (Lipinski definition) is 0. The van der Waals surface area contributed by atoms with Crippen LogP contribution in [0.2, 0.25) is 0 Å². The van der Waals surface area contributed by atoms with Crippen molar-refractivity contribution >= 4 is 0 Å². The second kappa shape index (κ2) is 10.3. The summed E-state index contributed by atoms with van der Waals surface area (Å²) in [5, 5.41) is 0. The molecule has 0 N–H and O–H groups in total. The van der Waals surface area contributed by atoms with E-state index in [4.69, 9.17) is 0 Å². The smallest absolute Gasteiger partial charge is 0.0169 e. The molecule has 0 radical (unpaired) electrons. The van der Waals surface area contributed by atoms with E-state index in [0.29, 0.717) is 0 Å². The lowest BCUT2D eigenvalue weighted by Gasteiger charge is -2.05. The van der Waals surface area contributed by atoms with Crippen molar-refractivity contribution in [3.8, 4) is 0 Å². The van der Waals surface area contributed by atoms with Crippen LogP contribution >= 0.6 is 0 Å². The molecule has 1 saturated carbocycles. The molecule has 0 saturated heterocycles. The highest BCUT2D eigenvalue weighted by atomic mass is 14.0. The average molecular weight is 208 g/mol. The van der Waals surface area contributed by atoms with Gasteiger partial charge in [0.25, 0.3) is 0 Å². The van der Waals surface area contributed by atoms with E-state index >= 15 is 0 Å². The predicted molar refractivity (Wildman–Crippen MR) is 69.2 cm³/mol. The van der Waals surface area contributed by atoms with Gasteiger partial charge in [-0.3, -0.25) is 0 Å². The quantitative estimate of drug-likeness (QED) is 0.453. The standard InChI is InChI=1S/C12H24.C3H4/c1-2-4-6-8-10-12-11-9-7-5-3-1;1-2-3-1/h1-12H2;1-2H,3H2. The second-order valence-corrected chi connectivity index (χ2v) is 4.95. The van der Waals surface area contributed by atoms with Crippen LogP contribution in [0.3, 0.4) is 0 Å². The van der Waals surface area contributed by atoms with Crippen molar-refractivity contribution in [3.63, 3.8) is 0 Å². The Morgan fingerprint density at radius 3 is 0.533 bits per heavy atom. The molecule has 88 valence electrons. The second-order valence-electron chi connectivity index (χ2n) is 4.95. The van der Waals surface area contributed by atoms with Gasteiger partial charge in [0.05, 0.1) is 0 Å². The number of allylic oxidation sites excluding steroid dienone is 2. The topological polar surface area (TPSA) is 0 Å². The Hall–Kier alpha value is -0.260. The maximum atomic E-state index is 2.12. The fourth-order valence-electron chi connectivity index (χ4n) is 2.12. The number of rotatable bonds is 0. The van der Waals surface area contributed by atoms with E-state index in [9.17, 15) is 0 Å². The van der Waals surface area contributed by atoms with Crippen LogP contribution in [0.4, 0.5) is 0 Å². The van der Waals surface area contributed by atoms with E-state index in [1.807, 2.05) is 0 Å². The molecule has 0 unspecified atom stereocenters. The van der Waals surface area contributed by atoms with Gasteiger partial charge in [-0.15, -0.1) is 0 Å². The maximum absolute atomic E-state index is 2.12. The first-order valence-electron chi connectivity index (χ1n) is 7.15. The highest BCUT2D eigenvalue weighted by Gasteiger charge is 1.96. The molecule has 2 aliphatic carbocycles. The third-order valence-corrected chi connectivity index (χ3v) is 3.24. The zero-order valence-corrected chi connectivity index (χ0v) is 10.3. The molecule has 0 aromatic heterocycles. The summed E-state index contributed by atoms with van der Waals surface area (Å²) in [7, 11) is 0. The van der Waals surface area contributed by atoms with Crippen molar-refractivity contribution < 1.29 is 0 Å². The van der Waals surface area contributed by atoms with Gasteiger partial charge in [0.15, 0.2) is 0 Å². The van der Waals surface area contributed by atoms with Gasteiger partial charge in [-0.25, -0.2) is 0 Å². The molecule has 0 heterocycles. The molecule has 15 heavy (non-hydrogen) atoms. The van der Waals surface area contributed by atoms with Gasteiger partial charge in [0.1, 0.15) is 0 Å². The first kappa shape index (κ1) is 12.8. The minimum atomic E-state index is 1.25. The molecule has 2 aliphatic rings. The van der Waals surface area contributed by atoms with Crippen molar-refractivity contribution in [2.75, 3.05) is 0 Å². The Balaban J connectivity index is 0.000000319. The Labute approximate surface area is 96.2 Å². The van der Waals surface area contributed by atoms with Gasteiger partial charge >= 0.3 is 0 Å². The number of hydrogen-bond donors (Lipinski definition) is 0. The van der Waals surface area contributed by atoms with E-state index in [-0.39, 0.29) is 0 Å². The van der Waals surface area contributed by atoms with Gasteiger partial charge in [-0.2, -0.15) is 0 Å². The van der Waals surface area contributed by atoms with E-state index in [1.165, 1.54) is 83.5 Å². The lowest BCUT2D eigenvalue weighted by Crippen LogP contribution is -1.85. The van der Waals surface area contributed by atoms with E-state index in [2.05, 4.69) is 12.2 Å². The van der Waals surface area contributed by atoms with Crippen molar-refractivity contribution in [2.45, 2.75) is 83.5 Å². The molecule has 0 aromatic rings. The van der Waals surface area contributed by atoms with Crippen LogP contribution in [0, 0.1) is 0 Å². The van der Waals surface area contributed by atoms with Crippen LogP contribution in [0.25, 0.3) is 0 Å². The minimum Gasteiger partial charge on any atom is -0.0844 e. The van der Waals surface area contributed by atoms with Gasteiger partial charge in [0, 0.05) is 0 Å². The first-order valence-corrected chi connectivity index (χ1v) is 7.15. The molecule has 0 atom stereocenters. The molecule has 0 bridgehead atoms. The summed E-state index contributed by atoms with van der Waals surface area (Å²) in [6.45, 7) is 0. The van der Waals surface area contributed by atoms with E-state index in [0.717, 1.165) is 0 Å². The van der Waals surface area contributed by atoms with Crippen LogP contribution in [-0.2, 0) is 0 Å². The molecule has 0 nitrogen and oxygen atoms in total. The van der Waals surface area contributed by atoms with Crippen LogP contribution in [0.1, 0.15) is 83.5 Å². The van der Waals surface area contributed by atoms with Crippen LogP contribution in [-0.4, -0.2) is 0 Å². The molecule has 0 heteroatoms. The van der Waals surface area contributed by atoms with Gasteiger partial charge in [-0.05, 0) is 6.42 Å². The van der Waals surface area contributed by atoms with E-state index in [1.54, 1.807) is 0 Å². The molecular formula is C15H28. The minimum absolute atomic E-state index is 1.25. The molecule has 0 spiro atoms. The molecule has 0 amide bonds. The highest BCUT2D eigenvalue weighted by Crippen LogP contribution is 2.15. The van der Waals surface area contributed by atoms with Crippen LogP contribution < -0.4 is 0 Å². The average Bonchev–Trinajstić information content (AvgIpc) is 3.05. The highest BCUT2D eigenvalue weighted by molar-refractivity contribution is 5.02. The summed E-state index contributed by atoms with van der Waals surface area (Å²) in [5.74, 6) is 0. The summed E-state index contributed by atoms with van der Waals surface area (Å²) >= 11 is 0. The molecule has 0 aromatic carbocycles. The predicted octanol–water partition coefficient (Wildman–Crippen LogP) is 5.63. The monoisotopic (exact) mass is 208 g/mol. The summed E-state index contributed by atoms with van der Waals surface area (Å²) in [6.07, 6.45) is 23.5. The third kappa shape index (κ3) is 11.7. The lowest BCUT2D eigenvalue weighted by atomic mass is 10.0. The fourth-order valence-corrected chi connectivity index (χ4v) is 2.12. The largest absolute Gasteiger partial charge is 0.0844 e. The Bertz CT molecular complexity index is 99.1. The van der Waals surface area contributed by atoms with Gasteiger partial charge < -0.3 is 0 Å². The first-order chi connectivity index (χ1) is 7.50. The molecule has 1 fully saturated rings. The SMILES string of the molecule is C1=CC1.C1CCCCCCCCCCC1. The van der Waals surface area contributed by atoms with Crippen LogP contribution in [0.15, 0.2) is 12.2 Å². The summed E-state index contributed by atoms with van der Waals surface area (Å²) < 4.78 is 0. The zero-order valence-electron chi connectivity index (χ0n) is 10.3. The Morgan fingerprint density at radius 1 is 0.333 bits per heavy atom. The Morgan fingerprint density at radius 2 is 0.467 bits per heavy atom. The lowest BCUT2D eigenvalue weighted by molar-refractivity contribution is 0.504. The fraction of sp³-hybridized carbons (Fsp3) is 0.867. The molecule has 0 aliphatic heterocycles. The summed E-state index contributed by atoms with van der Waals surface area (Å²) in [4.78, 5) is 0.